The van der Waals surface area contributed by atoms with Gasteiger partial charge in [0.2, 0.25) is 0 Å². The lowest BCUT2D eigenvalue weighted by Crippen LogP contribution is -2.17. The number of carbonyl (C=O) groups excluding carboxylic acids is 1. The second-order valence-corrected chi connectivity index (χ2v) is 5.97. The van der Waals surface area contributed by atoms with Gasteiger partial charge in [0, 0.05) is 11.1 Å². The summed E-state index contributed by atoms with van der Waals surface area (Å²) >= 11 is 0. The lowest BCUT2D eigenvalue weighted by molar-refractivity contribution is 0.0955. The summed E-state index contributed by atoms with van der Waals surface area (Å²) < 4.78 is 11.2. The lowest BCUT2D eigenvalue weighted by atomic mass is 10.1. The Morgan fingerprint density at radius 2 is 1.64 bits per heavy atom. The molecular weight excluding hydrogens is 352 g/mol. The number of nitrogens with zero attached hydrogens (tertiary/aromatic N) is 1. The summed E-state index contributed by atoms with van der Waals surface area (Å²) in [5.41, 5.74) is 4.85. The van der Waals surface area contributed by atoms with Gasteiger partial charge in [-0.2, -0.15) is 5.10 Å². The fraction of sp³-hybridized carbons (Fsp3) is 0.130. The molecule has 0 aromatic heterocycles. The molecule has 5 nitrogen and oxygen atoms in total. The summed E-state index contributed by atoms with van der Waals surface area (Å²) in [6.07, 6.45) is 1.57. The van der Waals surface area contributed by atoms with Gasteiger partial charge in [-0.25, -0.2) is 5.43 Å². The van der Waals surface area contributed by atoms with E-state index < -0.39 is 0 Å². The van der Waals surface area contributed by atoms with E-state index in [0.717, 1.165) is 22.6 Å². The Hall–Kier alpha value is -3.60. The van der Waals surface area contributed by atoms with Crippen LogP contribution in [0.1, 0.15) is 28.4 Å². The molecule has 142 valence electrons. The van der Waals surface area contributed by atoms with Crippen molar-refractivity contribution < 1.29 is 14.3 Å². The van der Waals surface area contributed by atoms with Crippen LogP contribution in [-0.4, -0.2) is 18.7 Å². The van der Waals surface area contributed by atoms with E-state index in [1.54, 1.807) is 18.3 Å². The van der Waals surface area contributed by atoms with Gasteiger partial charge in [0.25, 0.3) is 5.91 Å². The molecule has 0 bridgehead atoms. The zero-order chi connectivity index (χ0) is 19.6. The average Bonchev–Trinajstić information content (AvgIpc) is 2.75. The van der Waals surface area contributed by atoms with Crippen molar-refractivity contribution in [2.75, 3.05) is 6.61 Å². The standard InChI is InChI=1S/C23H22N2O3/c1-2-27-22-11-7-6-8-20(22)16-24-25-23(26)19-14-12-18(13-15-19)17-28-21-9-4-3-5-10-21/h3-16H,2,17H2,1H3,(H,25,26)/b24-16-. The molecule has 0 aliphatic carbocycles. The maximum Gasteiger partial charge on any atom is 0.271 e. The molecule has 0 aliphatic heterocycles. The zero-order valence-corrected chi connectivity index (χ0v) is 15.7. The third-order valence-corrected chi connectivity index (χ3v) is 3.95. The smallest absolute Gasteiger partial charge is 0.271 e. The van der Waals surface area contributed by atoms with Crippen LogP contribution >= 0.6 is 0 Å². The summed E-state index contributed by atoms with van der Waals surface area (Å²) in [6.45, 7) is 2.93. The highest BCUT2D eigenvalue weighted by molar-refractivity contribution is 5.95. The van der Waals surface area contributed by atoms with Gasteiger partial charge in [0.15, 0.2) is 0 Å². The fourth-order valence-electron chi connectivity index (χ4n) is 2.53. The van der Waals surface area contributed by atoms with Crippen LogP contribution in [0, 0.1) is 0 Å². The minimum absolute atomic E-state index is 0.277. The van der Waals surface area contributed by atoms with Crippen molar-refractivity contribution in [3.8, 4) is 11.5 Å². The Morgan fingerprint density at radius 3 is 2.39 bits per heavy atom. The van der Waals surface area contributed by atoms with Crippen molar-refractivity contribution in [3.63, 3.8) is 0 Å². The minimum Gasteiger partial charge on any atom is -0.493 e. The van der Waals surface area contributed by atoms with Crippen LogP contribution in [0.2, 0.25) is 0 Å². The molecule has 3 aromatic rings. The van der Waals surface area contributed by atoms with E-state index in [-0.39, 0.29) is 5.91 Å². The first-order valence-electron chi connectivity index (χ1n) is 9.08. The summed E-state index contributed by atoms with van der Waals surface area (Å²) in [5, 5.41) is 4.03. The van der Waals surface area contributed by atoms with E-state index in [9.17, 15) is 4.79 Å². The minimum atomic E-state index is -0.277. The fourth-order valence-corrected chi connectivity index (χ4v) is 2.53. The maximum absolute atomic E-state index is 12.2. The van der Waals surface area contributed by atoms with Crippen molar-refractivity contribution >= 4 is 12.1 Å². The van der Waals surface area contributed by atoms with E-state index in [4.69, 9.17) is 9.47 Å². The van der Waals surface area contributed by atoms with E-state index in [0.29, 0.717) is 18.8 Å². The molecule has 1 amide bonds. The van der Waals surface area contributed by atoms with Crippen LogP contribution < -0.4 is 14.9 Å². The van der Waals surface area contributed by atoms with Gasteiger partial charge < -0.3 is 9.47 Å². The second-order valence-electron chi connectivity index (χ2n) is 5.97. The van der Waals surface area contributed by atoms with Crippen molar-refractivity contribution in [2.24, 2.45) is 5.10 Å². The number of nitrogens with one attached hydrogen (secondary N) is 1. The van der Waals surface area contributed by atoms with Crippen LogP contribution in [0.5, 0.6) is 11.5 Å². The molecule has 0 aliphatic rings. The number of carbonyl (C=O) groups is 1. The third kappa shape index (κ3) is 5.45. The van der Waals surface area contributed by atoms with Crippen LogP contribution in [-0.2, 0) is 6.61 Å². The number of hydrazone groups is 1. The number of para-hydroxylation sites is 2. The van der Waals surface area contributed by atoms with E-state index in [1.807, 2.05) is 73.7 Å². The topological polar surface area (TPSA) is 59.9 Å². The van der Waals surface area contributed by atoms with Gasteiger partial charge in [0.05, 0.1) is 12.8 Å². The molecule has 0 saturated carbocycles. The Labute approximate surface area is 164 Å². The highest BCUT2D eigenvalue weighted by Gasteiger charge is 2.05. The van der Waals surface area contributed by atoms with Gasteiger partial charge in [-0.15, -0.1) is 0 Å². The number of hydrogen-bond acceptors (Lipinski definition) is 4. The van der Waals surface area contributed by atoms with Gasteiger partial charge in [0.1, 0.15) is 18.1 Å². The predicted molar refractivity (Wildman–Crippen MR) is 110 cm³/mol. The molecule has 0 radical (unpaired) electrons. The number of hydrogen-bond donors (Lipinski definition) is 1. The van der Waals surface area contributed by atoms with Crippen LogP contribution in [0.4, 0.5) is 0 Å². The van der Waals surface area contributed by atoms with Gasteiger partial charge >= 0.3 is 0 Å². The summed E-state index contributed by atoms with van der Waals surface area (Å²) in [4.78, 5) is 12.2. The van der Waals surface area contributed by atoms with Crippen molar-refractivity contribution in [2.45, 2.75) is 13.5 Å². The molecule has 0 saturated heterocycles. The van der Waals surface area contributed by atoms with E-state index in [1.165, 1.54) is 0 Å². The maximum atomic E-state index is 12.2. The Bertz CT molecular complexity index is 922. The van der Waals surface area contributed by atoms with Crippen LogP contribution in [0.25, 0.3) is 0 Å². The summed E-state index contributed by atoms with van der Waals surface area (Å²) in [7, 11) is 0. The SMILES string of the molecule is CCOc1ccccc1/C=N\NC(=O)c1ccc(COc2ccccc2)cc1. The first kappa shape index (κ1) is 19.2. The largest absolute Gasteiger partial charge is 0.493 e. The molecule has 0 fully saturated rings. The molecular formula is C23H22N2O3. The van der Waals surface area contributed by atoms with Gasteiger partial charge in [-0.3, -0.25) is 4.79 Å². The quantitative estimate of drug-likeness (QED) is 0.469. The van der Waals surface area contributed by atoms with Gasteiger partial charge in [-0.05, 0) is 48.9 Å². The number of ether oxygens (including phenoxy) is 2. The van der Waals surface area contributed by atoms with Crippen molar-refractivity contribution in [1.29, 1.82) is 0 Å². The monoisotopic (exact) mass is 374 g/mol. The van der Waals surface area contributed by atoms with Crippen molar-refractivity contribution in [1.82, 2.24) is 5.43 Å². The number of rotatable bonds is 8. The van der Waals surface area contributed by atoms with E-state index >= 15 is 0 Å². The average molecular weight is 374 g/mol. The molecule has 0 heterocycles. The second kappa shape index (κ2) is 9.92. The number of benzene rings is 3. The number of amides is 1. The third-order valence-electron chi connectivity index (χ3n) is 3.95. The molecule has 0 spiro atoms. The highest BCUT2D eigenvalue weighted by atomic mass is 16.5. The normalized spacial score (nSPS) is 10.6. The highest BCUT2D eigenvalue weighted by Crippen LogP contribution is 2.15. The zero-order valence-electron chi connectivity index (χ0n) is 15.7. The summed E-state index contributed by atoms with van der Waals surface area (Å²) in [6, 6.07) is 24.4. The molecule has 5 heteroatoms. The van der Waals surface area contributed by atoms with Gasteiger partial charge in [-0.1, -0.05) is 42.5 Å². The van der Waals surface area contributed by atoms with Crippen LogP contribution in [0.15, 0.2) is 84.0 Å². The molecule has 3 aromatic carbocycles. The Balaban J connectivity index is 1.55. The van der Waals surface area contributed by atoms with E-state index in [2.05, 4.69) is 10.5 Å². The first-order chi connectivity index (χ1) is 13.8. The first-order valence-corrected chi connectivity index (χ1v) is 9.08. The van der Waals surface area contributed by atoms with Crippen LogP contribution in [0.3, 0.4) is 0 Å². The van der Waals surface area contributed by atoms with Crippen molar-refractivity contribution in [3.05, 3.63) is 95.6 Å². The molecule has 1 N–H and O–H groups in total. The Kier molecular flexibility index (Phi) is 6.79. The predicted octanol–water partition coefficient (Wildman–Crippen LogP) is 4.43. The lowest BCUT2D eigenvalue weighted by Gasteiger charge is -2.07. The molecule has 0 atom stereocenters. The molecule has 3 rings (SSSR count). The Morgan fingerprint density at radius 1 is 0.929 bits per heavy atom. The summed E-state index contributed by atoms with van der Waals surface area (Å²) in [5.74, 6) is 1.26. The molecule has 0 unspecified atom stereocenters. The molecule has 28 heavy (non-hydrogen) atoms.